The molecule has 0 aromatic heterocycles. The molecule has 122 valence electrons. The van der Waals surface area contributed by atoms with Gasteiger partial charge in [-0.15, -0.1) is 0 Å². The van der Waals surface area contributed by atoms with Gasteiger partial charge in [-0.05, 0) is 58.4 Å². The Morgan fingerprint density at radius 1 is 1.33 bits per heavy atom. The van der Waals surface area contributed by atoms with Crippen LogP contribution in [0.25, 0.3) is 0 Å². The molecule has 1 aliphatic carbocycles. The maximum atomic E-state index is 12.3. The number of rotatable bonds is 8. The first kappa shape index (κ1) is 16.8. The summed E-state index contributed by atoms with van der Waals surface area (Å²) in [7, 11) is 0. The molecule has 4 nitrogen and oxygen atoms in total. The molecule has 2 atom stereocenters. The van der Waals surface area contributed by atoms with Gasteiger partial charge in [0.15, 0.2) is 0 Å². The number of nitrogens with one attached hydrogen (secondary N) is 1. The molecule has 2 aliphatic rings. The lowest BCUT2D eigenvalue weighted by molar-refractivity contribution is -0.151. The van der Waals surface area contributed by atoms with Crippen molar-refractivity contribution in [3.8, 4) is 0 Å². The van der Waals surface area contributed by atoms with Crippen molar-refractivity contribution in [1.82, 2.24) is 10.2 Å². The molecule has 4 heteroatoms. The molecule has 1 aliphatic heterocycles. The highest BCUT2D eigenvalue weighted by Crippen LogP contribution is 2.26. The number of esters is 1. The van der Waals surface area contributed by atoms with E-state index in [2.05, 4.69) is 17.1 Å². The van der Waals surface area contributed by atoms with E-state index in [1.54, 1.807) is 0 Å². The second-order valence-electron chi connectivity index (χ2n) is 6.94. The molecule has 0 spiro atoms. The van der Waals surface area contributed by atoms with Crippen molar-refractivity contribution in [2.24, 2.45) is 5.92 Å². The summed E-state index contributed by atoms with van der Waals surface area (Å²) in [4.78, 5) is 14.8. The first-order valence-corrected chi connectivity index (χ1v) is 8.74. The fourth-order valence-electron chi connectivity index (χ4n) is 3.27. The minimum absolute atomic E-state index is 0.0825. The van der Waals surface area contributed by atoms with Crippen molar-refractivity contribution in [2.75, 3.05) is 26.2 Å². The van der Waals surface area contributed by atoms with E-state index in [1.165, 1.54) is 45.2 Å². The molecular formula is C17H32N2O2. The second kappa shape index (κ2) is 7.59. The van der Waals surface area contributed by atoms with Gasteiger partial charge in [0.2, 0.25) is 0 Å². The van der Waals surface area contributed by atoms with Gasteiger partial charge < -0.3 is 9.64 Å². The summed E-state index contributed by atoms with van der Waals surface area (Å²) >= 11 is 0. The van der Waals surface area contributed by atoms with Gasteiger partial charge in [-0.1, -0.05) is 13.3 Å². The normalized spacial score (nSPS) is 26.3. The molecule has 1 saturated heterocycles. The van der Waals surface area contributed by atoms with Crippen molar-refractivity contribution in [3.05, 3.63) is 0 Å². The molecule has 0 bridgehead atoms. The van der Waals surface area contributed by atoms with Crippen LogP contribution in [0.4, 0.5) is 0 Å². The largest absolute Gasteiger partial charge is 0.465 e. The van der Waals surface area contributed by atoms with E-state index in [-0.39, 0.29) is 5.97 Å². The molecule has 0 aromatic carbocycles. The van der Waals surface area contributed by atoms with E-state index in [9.17, 15) is 4.79 Å². The Morgan fingerprint density at radius 2 is 2.10 bits per heavy atom. The third-order valence-corrected chi connectivity index (χ3v) is 4.93. The first-order valence-electron chi connectivity index (χ1n) is 8.74. The van der Waals surface area contributed by atoms with Gasteiger partial charge in [0.25, 0.3) is 0 Å². The zero-order chi connectivity index (χ0) is 15.3. The molecule has 1 saturated carbocycles. The summed E-state index contributed by atoms with van der Waals surface area (Å²) in [5.41, 5.74) is -0.518. The Bertz CT molecular complexity index is 344. The van der Waals surface area contributed by atoms with Crippen LogP contribution >= 0.6 is 0 Å². The average molecular weight is 296 g/mol. The number of hydrogen-bond donors (Lipinski definition) is 1. The monoisotopic (exact) mass is 296 g/mol. The number of piperidine rings is 1. The van der Waals surface area contributed by atoms with E-state index >= 15 is 0 Å². The van der Waals surface area contributed by atoms with Crippen LogP contribution in [0.1, 0.15) is 59.3 Å². The molecule has 21 heavy (non-hydrogen) atoms. The third-order valence-electron chi connectivity index (χ3n) is 4.93. The molecule has 2 unspecified atom stereocenters. The lowest BCUT2D eigenvalue weighted by Crippen LogP contribution is -2.53. The Kier molecular flexibility index (Phi) is 6.06. The quantitative estimate of drug-likeness (QED) is 0.699. The van der Waals surface area contributed by atoms with Crippen LogP contribution in [-0.4, -0.2) is 48.7 Å². The molecule has 2 fully saturated rings. The van der Waals surface area contributed by atoms with Crippen molar-refractivity contribution in [1.29, 1.82) is 0 Å². The van der Waals surface area contributed by atoms with Crippen LogP contribution in [-0.2, 0) is 9.53 Å². The van der Waals surface area contributed by atoms with Crippen LogP contribution in [0.5, 0.6) is 0 Å². The standard InChI is InChI=1S/C17H32N2O2/c1-4-14-7-6-11-19(13-14)12-10-17(3,16(20)21-5-2)18-15-8-9-15/h14-15,18H,4-13H2,1-3H3. The van der Waals surface area contributed by atoms with Crippen molar-refractivity contribution < 1.29 is 9.53 Å². The van der Waals surface area contributed by atoms with Crippen molar-refractivity contribution >= 4 is 5.97 Å². The van der Waals surface area contributed by atoms with Crippen molar-refractivity contribution in [2.45, 2.75) is 70.9 Å². The predicted octanol–water partition coefficient (Wildman–Crippen LogP) is 2.57. The Labute approximate surface area is 129 Å². The van der Waals surface area contributed by atoms with Gasteiger partial charge >= 0.3 is 5.97 Å². The molecule has 0 amide bonds. The number of carbonyl (C=O) groups excluding carboxylic acids is 1. The summed E-state index contributed by atoms with van der Waals surface area (Å²) in [6.07, 6.45) is 7.16. The summed E-state index contributed by atoms with van der Waals surface area (Å²) in [5.74, 6) is 0.755. The smallest absolute Gasteiger partial charge is 0.326 e. The average Bonchev–Trinajstić information content (AvgIpc) is 3.29. The lowest BCUT2D eigenvalue weighted by atomic mass is 9.93. The Hall–Kier alpha value is -0.610. The van der Waals surface area contributed by atoms with Gasteiger partial charge in [0.1, 0.15) is 5.54 Å². The molecule has 2 rings (SSSR count). The van der Waals surface area contributed by atoms with Crippen LogP contribution in [0.2, 0.25) is 0 Å². The van der Waals surface area contributed by atoms with E-state index in [0.29, 0.717) is 12.6 Å². The highest BCUT2D eigenvalue weighted by atomic mass is 16.5. The number of hydrogen-bond acceptors (Lipinski definition) is 4. The summed E-state index contributed by atoms with van der Waals surface area (Å²) < 4.78 is 5.30. The van der Waals surface area contributed by atoms with E-state index in [4.69, 9.17) is 4.74 Å². The summed E-state index contributed by atoms with van der Waals surface area (Å²) in [6, 6.07) is 0.518. The zero-order valence-electron chi connectivity index (χ0n) is 14.0. The fraction of sp³-hybridized carbons (Fsp3) is 0.941. The van der Waals surface area contributed by atoms with Gasteiger partial charge in [-0.25, -0.2) is 0 Å². The first-order chi connectivity index (χ1) is 10.1. The summed E-state index contributed by atoms with van der Waals surface area (Å²) in [5, 5.41) is 3.52. The van der Waals surface area contributed by atoms with Gasteiger partial charge in [-0.3, -0.25) is 10.1 Å². The van der Waals surface area contributed by atoms with Gasteiger partial charge in [0, 0.05) is 19.1 Å². The molecule has 1 heterocycles. The Balaban J connectivity index is 1.87. The lowest BCUT2D eigenvalue weighted by Gasteiger charge is -2.35. The minimum atomic E-state index is -0.518. The zero-order valence-corrected chi connectivity index (χ0v) is 14.0. The Morgan fingerprint density at radius 3 is 2.71 bits per heavy atom. The molecule has 0 radical (unpaired) electrons. The number of nitrogens with zero attached hydrogens (tertiary/aromatic N) is 1. The van der Waals surface area contributed by atoms with Crippen LogP contribution in [0, 0.1) is 5.92 Å². The third kappa shape index (κ3) is 4.96. The molecular weight excluding hydrogens is 264 g/mol. The molecule has 1 N–H and O–H groups in total. The van der Waals surface area contributed by atoms with E-state index in [0.717, 1.165) is 18.9 Å². The second-order valence-corrected chi connectivity index (χ2v) is 6.94. The fourth-order valence-corrected chi connectivity index (χ4v) is 3.27. The van der Waals surface area contributed by atoms with Crippen LogP contribution < -0.4 is 5.32 Å². The van der Waals surface area contributed by atoms with Crippen molar-refractivity contribution in [3.63, 3.8) is 0 Å². The number of likely N-dealkylation sites (tertiary alicyclic amines) is 1. The summed E-state index contributed by atoms with van der Waals surface area (Å²) in [6.45, 7) is 10.0. The SMILES string of the molecule is CCOC(=O)C(C)(CCN1CCCC(CC)C1)NC1CC1. The number of carbonyl (C=O) groups is 1. The van der Waals surface area contributed by atoms with Crippen LogP contribution in [0.15, 0.2) is 0 Å². The molecule has 0 aromatic rings. The maximum absolute atomic E-state index is 12.3. The predicted molar refractivity (Wildman–Crippen MR) is 85.3 cm³/mol. The minimum Gasteiger partial charge on any atom is -0.465 e. The van der Waals surface area contributed by atoms with Gasteiger partial charge in [0.05, 0.1) is 6.61 Å². The maximum Gasteiger partial charge on any atom is 0.326 e. The van der Waals surface area contributed by atoms with E-state index < -0.39 is 5.54 Å². The van der Waals surface area contributed by atoms with Crippen LogP contribution in [0.3, 0.4) is 0 Å². The highest BCUT2D eigenvalue weighted by molar-refractivity contribution is 5.80. The topological polar surface area (TPSA) is 41.6 Å². The highest BCUT2D eigenvalue weighted by Gasteiger charge is 2.39. The van der Waals surface area contributed by atoms with E-state index in [1.807, 2.05) is 13.8 Å². The number of ether oxygens (including phenoxy) is 1. The van der Waals surface area contributed by atoms with Gasteiger partial charge in [-0.2, -0.15) is 0 Å².